The number of anilines is 1. The van der Waals surface area contributed by atoms with E-state index < -0.39 is 0 Å². The Morgan fingerprint density at radius 3 is 2.44 bits per heavy atom. The van der Waals surface area contributed by atoms with Crippen molar-refractivity contribution in [3.63, 3.8) is 0 Å². The molecule has 0 radical (unpaired) electrons. The number of nitrogens with one attached hydrogen (secondary N) is 1. The summed E-state index contributed by atoms with van der Waals surface area (Å²) in [5.41, 5.74) is 3.52. The van der Waals surface area contributed by atoms with Crippen LogP contribution in [0.25, 0.3) is 16.7 Å². The first-order chi connectivity index (χ1) is 16.6. The van der Waals surface area contributed by atoms with Crippen LogP contribution in [0.2, 0.25) is 0 Å². The summed E-state index contributed by atoms with van der Waals surface area (Å²) in [5, 5.41) is 11.6. The molecule has 1 saturated carbocycles. The Balaban J connectivity index is 1.42. The molecule has 0 spiro atoms. The Morgan fingerprint density at radius 1 is 1.00 bits per heavy atom. The van der Waals surface area contributed by atoms with Crippen LogP contribution in [0.15, 0.2) is 72.8 Å². The summed E-state index contributed by atoms with van der Waals surface area (Å²) >= 11 is 0. The summed E-state index contributed by atoms with van der Waals surface area (Å²) in [5.74, 6) is -0.330. The smallest absolute Gasteiger partial charge is 0.228 e. The number of carbonyl (C=O) groups is 2. The number of hydrogen-bond acceptors (Lipinski definition) is 4. The number of halogens is 1. The van der Waals surface area contributed by atoms with Gasteiger partial charge in [0.05, 0.1) is 17.2 Å². The Kier molecular flexibility index (Phi) is 4.69. The number of benzene rings is 3. The third-order valence-electron chi connectivity index (χ3n) is 7.09. The molecule has 6 rings (SSSR count). The molecule has 8 heteroatoms. The van der Waals surface area contributed by atoms with Crippen LogP contribution >= 0.6 is 0 Å². The van der Waals surface area contributed by atoms with Gasteiger partial charge in [0.25, 0.3) is 0 Å². The van der Waals surface area contributed by atoms with Crippen LogP contribution < -0.4 is 10.2 Å². The van der Waals surface area contributed by atoms with Gasteiger partial charge in [-0.15, -0.1) is 5.10 Å². The quantitative estimate of drug-likeness (QED) is 0.447. The summed E-state index contributed by atoms with van der Waals surface area (Å²) in [6.07, 6.45) is 2.85. The molecular weight excluding hydrogens is 433 g/mol. The summed E-state index contributed by atoms with van der Waals surface area (Å²) in [6, 6.07) is 21.5. The highest BCUT2D eigenvalue weighted by atomic mass is 19.1. The van der Waals surface area contributed by atoms with Crippen molar-refractivity contribution < 1.29 is 14.0 Å². The summed E-state index contributed by atoms with van der Waals surface area (Å²) in [7, 11) is 0. The molecule has 2 amide bonds. The van der Waals surface area contributed by atoms with Gasteiger partial charge in [0, 0.05) is 23.6 Å². The van der Waals surface area contributed by atoms with Crippen LogP contribution in [-0.4, -0.2) is 32.9 Å². The third kappa shape index (κ3) is 3.25. The van der Waals surface area contributed by atoms with Gasteiger partial charge in [0.15, 0.2) is 0 Å². The zero-order valence-corrected chi connectivity index (χ0v) is 18.3. The van der Waals surface area contributed by atoms with E-state index in [0.29, 0.717) is 17.6 Å². The predicted molar refractivity (Wildman–Crippen MR) is 125 cm³/mol. The van der Waals surface area contributed by atoms with Gasteiger partial charge in [-0.3, -0.25) is 9.59 Å². The molecular formula is C26H22FN5O2. The molecule has 2 fully saturated rings. The fourth-order valence-corrected chi connectivity index (χ4v) is 5.28. The van der Waals surface area contributed by atoms with E-state index in [-0.39, 0.29) is 29.2 Å². The van der Waals surface area contributed by atoms with Gasteiger partial charge in [-0.05, 0) is 60.9 Å². The van der Waals surface area contributed by atoms with E-state index in [4.69, 9.17) is 0 Å². The predicted octanol–water partition coefficient (Wildman–Crippen LogP) is 3.93. The number of rotatable bonds is 6. The number of fused-ring (bicyclic) bond motifs is 1. The first-order valence-corrected chi connectivity index (χ1v) is 11.3. The molecule has 1 aliphatic carbocycles. The summed E-state index contributed by atoms with van der Waals surface area (Å²) in [6.45, 7) is 0. The maximum Gasteiger partial charge on any atom is 0.228 e. The van der Waals surface area contributed by atoms with Gasteiger partial charge in [0.2, 0.25) is 12.3 Å². The molecule has 2 aliphatic rings. The lowest BCUT2D eigenvalue weighted by atomic mass is 9.85. The monoisotopic (exact) mass is 455 g/mol. The van der Waals surface area contributed by atoms with Crippen molar-refractivity contribution in [1.29, 1.82) is 0 Å². The lowest BCUT2D eigenvalue weighted by molar-refractivity contribution is -0.118. The van der Waals surface area contributed by atoms with E-state index in [2.05, 4.69) is 15.6 Å². The molecule has 7 nitrogen and oxygen atoms in total. The number of amides is 2. The highest BCUT2D eigenvalue weighted by Crippen LogP contribution is 2.54. The maximum absolute atomic E-state index is 13.4. The zero-order chi connectivity index (χ0) is 23.3. The van der Waals surface area contributed by atoms with Crippen LogP contribution in [0, 0.1) is 11.7 Å². The lowest BCUT2D eigenvalue weighted by Crippen LogP contribution is -2.41. The number of carbonyl (C=O) groups excluding carboxylic acids is 2. The van der Waals surface area contributed by atoms with Crippen molar-refractivity contribution >= 4 is 29.0 Å². The molecule has 0 unspecified atom stereocenters. The minimum absolute atomic E-state index is 0.0168. The number of nitrogens with zero attached hydrogens (tertiary/aromatic N) is 4. The molecule has 170 valence electrons. The fraction of sp³-hybridized carbons (Fsp3) is 0.231. The second-order valence-corrected chi connectivity index (χ2v) is 9.00. The van der Waals surface area contributed by atoms with Gasteiger partial charge >= 0.3 is 0 Å². The van der Waals surface area contributed by atoms with Crippen LogP contribution in [0.1, 0.15) is 30.9 Å². The minimum atomic E-state index is -0.345. The second kappa shape index (κ2) is 7.76. The van der Waals surface area contributed by atoms with E-state index in [9.17, 15) is 14.0 Å². The first kappa shape index (κ1) is 20.5. The van der Waals surface area contributed by atoms with Crippen molar-refractivity contribution in [3.8, 4) is 5.69 Å². The average Bonchev–Trinajstić information content (AvgIpc) is 3.37. The van der Waals surface area contributed by atoms with Gasteiger partial charge < -0.3 is 10.2 Å². The zero-order valence-electron chi connectivity index (χ0n) is 18.3. The maximum atomic E-state index is 13.4. The van der Waals surface area contributed by atoms with E-state index in [1.54, 1.807) is 16.8 Å². The second-order valence-electron chi connectivity index (χ2n) is 9.00. The largest absolute Gasteiger partial charge is 0.353 e. The van der Waals surface area contributed by atoms with Gasteiger partial charge in [-0.25, -0.2) is 9.07 Å². The molecule has 0 bridgehead atoms. The Labute approximate surface area is 195 Å². The third-order valence-corrected chi connectivity index (χ3v) is 7.09. The molecule has 1 N–H and O–H groups in total. The minimum Gasteiger partial charge on any atom is -0.353 e. The first-order valence-electron chi connectivity index (χ1n) is 11.3. The topological polar surface area (TPSA) is 80.1 Å². The molecule has 4 aromatic rings. The normalized spacial score (nSPS) is 21.1. The highest BCUT2D eigenvalue weighted by Gasteiger charge is 2.58. The van der Waals surface area contributed by atoms with Crippen molar-refractivity contribution in [2.45, 2.75) is 30.8 Å². The van der Waals surface area contributed by atoms with E-state index in [1.807, 2.05) is 53.4 Å². The van der Waals surface area contributed by atoms with Crippen LogP contribution in [0.3, 0.4) is 0 Å². The van der Waals surface area contributed by atoms with Crippen LogP contribution in [0.5, 0.6) is 0 Å². The van der Waals surface area contributed by atoms with Crippen molar-refractivity contribution in [3.05, 3.63) is 84.2 Å². The summed E-state index contributed by atoms with van der Waals surface area (Å²) in [4.78, 5) is 26.5. The van der Waals surface area contributed by atoms with E-state index in [0.717, 1.165) is 36.0 Å². The van der Waals surface area contributed by atoms with Crippen molar-refractivity contribution in [2.24, 2.45) is 5.92 Å². The Hall–Kier alpha value is -4.07. The van der Waals surface area contributed by atoms with Crippen LogP contribution in [-0.2, 0) is 9.59 Å². The number of hydrogen-bond donors (Lipinski definition) is 1. The van der Waals surface area contributed by atoms with E-state index >= 15 is 0 Å². The molecule has 3 aromatic carbocycles. The summed E-state index contributed by atoms with van der Waals surface area (Å²) < 4.78 is 15.0. The highest BCUT2D eigenvalue weighted by molar-refractivity contribution is 5.99. The number of aromatic nitrogens is 3. The molecule has 2 atom stereocenters. The van der Waals surface area contributed by atoms with Gasteiger partial charge in [-0.1, -0.05) is 35.5 Å². The molecule has 1 saturated heterocycles. The molecule has 34 heavy (non-hydrogen) atoms. The molecule has 1 aliphatic heterocycles. The van der Waals surface area contributed by atoms with Gasteiger partial charge in [0.1, 0.15) is 11.3 Å². The lowest BCUT2D eigenvalue weighted by Gasteiger charge is -2.33. The Morgan fingerprint density at radius 2 is 1.74 bits per heavy atom. The van der Waals surface area contributed by atoms with Crippen molar-refractivity contribution in [1.82, 2.24) is 20.3 Å². The van der Waals surface area contributed by atoms with Crippen LogP contribution in [0.4, 0.5) is 10.1 Å². The van der Waals surface area contributed by atoms with Crippen molar-refractivity contribution in [2.75, 3.05) is 4.90 Å². The molecule has 1 aromatic heterocycles. The average molecular weight is 455 g/mol. The van der Waals surface area contributed by atoms with E-state index in [1.165, 1.54) is 12.1 Å². The Bertz CT molecular complexity index is 1380. The molecule has 2 heterocycles. The van der Waals surface area contributed by atoms with Gasteiger partial charge in [-0.2, -0.15) is 0 Å². The fourth-order valence-electron chi connectivity index (χ4n) is 5.28. The standard InChI is InChI=1S/C26H22FN5O2/c27-18-6-8-19(9-7-18)32-23-11-10-20(14-22(23)29-30-32)31-24(34)15-21(26(12-13-26)28-16-33)25(31)17-4-2-1-3-5-17/h1-11,14,16,21,25H,12-13,15H2,(H,28,33)/t21-,25-/m0/s1. The SMILES string of the molecule is O=CNC1([C@H]2CC(=O)N(c3ccc4c(c3)nnn4-c3ccc(F)cc3)[C@H]2c2ccccc2)CC1.